The minimum atomic E-state index is 0.208. The van der Waals surface area contributed by atoms with E-state index in [-0.39, 0.29) is 5.84 Å². The molecule has 9 heteroatoms. The molecule has 1 aliphatic carbocycles. The van der Waals surface area contributed by atoms with Crippen LogP contribution in [-0.2, 0) is 19.9 Å². The lowest BCUT2D eigenvalue weighted by Crippen LogP contribution is -2.23. The Labute approximate surface area is 192 Å². The lowest BCUT2D eigenvalue weighted by Gasteiger charge is -2.17. The zero-order valence-electron chi connectivity index (χ0n) is 18.5. The maximum Gasteiger partial charge on any atom is 0.228 e. The first-order chi connectivity index (χ1) is 15.4. The van der Waals surface area contributed by atoms with Crippen LogP contribution in [0.3, 0.4) is 0 Å². The van der Waals surface area contributed by atoms with Gasteiger partial charge < -0.3 is 15.5 Å². The average Bonchev–Trinajstić information content (AvgIpc) is 3.09. The molecule has 0 amide bonds. The minimum absolute atomic E-state index is 0.208. The van der Waals surface area contributed by atoms with Crippen molar-refractivity contribution in [3.05, 3.63) is 59.0 Å². The summed E-state index contributed by atoms with van der Waals surface area (Å²) >= 11 is 6.25. The van der Waals surface area contributed by atoms with Gasteiger partial charge in [0.1, 0.15) is 5.84 Å². The minimum Gasteiger partial charge on any atom is -0.389 e. The number of halogens is 1. The fraction of sp³-hybridized carbons (Fsp3) is 0.304. The molecule has 1 aromatic carbocycles. The second-order valence-corrected chi connectivity index (χ2v) is 8.44. The van der Waals surface area contributed by atoms with Crippen molar-refractivity contribution >= 4 is 23.4 Å². The normalized spacial score (nSPS) is 12.7. The van der Waals surface area contributed by atoms with Crippen molar-refractivity contribution in [3.8, 4) is 22.5 Å². The lowest BCUT2D eigenvalue weighted by atomic mass is 9.91. The third-order valence-corrected chi connectivity index (χ3v) is 5.50. The highest BCUT2D eigenvalue weighted by atomic mass is 35.5. The molecular weight excluding hydrogens is 424 g/mol. The van der Waals surface area contributed by atoms with Gasteiger partial charge in [-0.25, -0.2) is 9.97 Å². The second-order valence-electron chi connectivity index (χ2n) is 8.00. The molecule has 0 aliphatic heterocycles. The standard InChI is InChI=1S/C23H27ClN8/c1-31(2)12-11-26-10-9-19(25)28-23-27-14-16-7-8-18-20(21(16)29-23)22(32(3)30-18)15-5-4-6-17(24)13-15/h4-6,9-10,13-14,26H,7-8,11-12H2,1-3H3,(H2,25,27,28,29)/b10-9-. The van der Waals surface area contributed by atoms with E-state index < -0.39 is 0 Å². The van der Waals surface area contributed by atoms with Crippen LogP contribution in [0.4, 0.5) is 5.95 Å². The van der Waals surface area contributed by atoms with Crippen molar-refractivity contribution in [2.24, 2.45) is 7.05 Å². The summed E-state index contributed by atoms with van der Waals surface area (Å²) in [6.45, 7) is 1.73. The van der Waals surface area contributed by atoms with Crippen molar-refractivity contribution in [2.75, 3.05) is 32.5 Å². The molecule has 0 saturated heterocycles. The summed E-state index contributed by atoms with van der Waals surface area (Å²) in [6.07, 6.45) is 6.93. The Hall–Kier alpha value is -3.23. The molecule has 0 bridgehead atoms. The number of benzene rings is 1. The van der Waals surface area contributed by atoms with E-state index in [1.165, 1.54) is 0 Å². The Kier molecular flexibility index (Phi) is 6.53. The number of hydrogen-bond donors (Lipinski definition) is 3. The number of fused-ring (bicyclic) bond motifs is 3. The number of rotatable bonds is 7. The van der Waals surface area contributed by atoms with Gasteiger partial charge in [0.15, 0.2) is 0 Å². The molecular formula is C23H27ClN8. The zero-order chi connectivity index (χ0) is 22.7. The van der Waals surface area contributed by atoms with Gasteiger partial charge in [-0.15, -0.1) is 0 Å². The van der Waals surface area contributed by atoms with E-state index in [2.05, 4.69) is 20.5 Å². The molecule has 8 nitrogen and oxygen atoms in total. The van der Waals surface area contributed by atoms with Crippen molar-refractivity contribution in [1.29, 1.82) is 5.41 Å². The van der Waals surface area contributed by atoms with Crippen LogP contribution in [0.1, 0.15) is 11.3 Å². The van der Waals surface area contributed by atoms with Crippen LogP contribution in [0.5, 0.6) is 0 Å². The summed E-state index contributed by atoms with van der Waals surface area (Å²) in [5.41, 5.74) is 5.93. The highest BCUT2D eigenvalue weighted by Gasteiger charge is 2.27. The van der Waals surface area contributed by atoms with Crippen LogP contribution in [0.2, 0.25) is 5.02 Å². The maximum atomic E-state index is 8.18. The largest absolute Gasteiger partial charge is 0.389 e. The molecule has 0 saturated carbocycles. The Morgan fingerprint density at radius 3 is 2.94 bits per heavy atom. The monoisotopic (exact) mass is 450 g/mol. The SMILES string of the molecule is CN(C)CCN/C=C\C(=N)Nc1ncc2c(n1)-c1c(nn(C)c1-c1cccc(Cl)c1)CC2. The lowest BCUT2D eigenvalue weighted by molar-refractivity contribution is 0.410. The fourth-order valence-corrected chi connectivity index (χ4v) is 3.96. The topological polar surface area (TPSA) is 94.8 Å². The Balaban J connectivity index is 1.59. The van der Waals surface area contributed by atoms with Crippen molar-refractivity contribution in [2.45, 2.75) is 12.8 Å². The predicted molar refractivity (Wildman–Crippen MR) is 129 cm³/mol. The molecule has 32 heavy (non-hydrogen) atoms. The third-order valence-electron chi connectivity index (χ3n) is 5.27. The molecule has 1 aliphatic rings. The number of aryl methyl sites for hydroxylation is 3. The number of anilines is 1. The summed E-state index contributed by atoms with van der Waals surface area (Å²) in [5.74, 6) is 0.597. The van der Waals surface area contributed by atoms with Crippen LogP contribution in [0.25, 0.3) is 22.5 Å². The smallest absolute Gasteiger partial charge is 0.228 e. The molecule has 4 rings (SSSR count). The van der Waals surface area contributed by atoms with Crippen molar-refractivity contribution < 1.29 is 0 Å². The summed E-state index contributed by atoms with van der Waals surface area (Å²) in [5, 5.41) is 19.7. The van der Waals surface area contributed by atoms with E-state index in [0.717, 1.165) is 59.7 Å². The van der Waals surface area contributed by atoms with Crippen LogP contribution in [0.15, 0.2) is 42.7 Å². The number of nitrogens with zero attached hydrogens (tertiary/aromatic N) is 5. The van der Waals surface area contributed by atoms with E-state index in [1.54, 1.807) is 12.3 Å². The zero-order valence-corrected chi connectivity index (χ0v) is 19.2. The summed E-state index contributed by atoms with van der Waals surface area (Å²) in [6, 6.07) is 7.77. The van der Waals surface area contributed by atoms with Gasteiger partial charge in [0.2, 0.25) is 5.95 Å². The van der Waals surface area contributed by atoms with Gasteiger partial charge in [0, 0.05) is 48.7 Å². The van der Waals surface area contributed by atoms with E-state index in [9.17, 15) is 0 Å². The van der Waals surface area contributed by atoms with Gasteiger partial charge in [-0.05, 0) is 50.7 Å². The van der Waals surface area contributed by atoms with E-state index >= 15 is 0 Å². The van der Waals surface area contributed by atoms with Gasteiger partial charge in [-0.1, -0.05) is 23.7 Å². The summed E-state index contributed by atoms with van der Waals surface area (Å²) < 4.78 is 1.89. The van der Waals surface area contributed by atoms with Crippen LogP contribution < -0.4 is 10.6 Å². The molecule has 0 fully saturated rings. The molecule has 0 spiro atoms. The Bertz CT molecular complexity index is 1160. The molecule has 0 atom stereocenters. The highest BCUT2D eigenvalue weighted by Crippen LogP contribution is 2.39. The molecule has 0 unspecified atom stereocenters. The van der Waals surface area contributed by atoms with Gasteiger partial charge in [-0.3, -0.25) is 10.1 Å². The Morgan fingerprint density at radius 1 is 1.31 bits per heavy atom. The van der Waals surface area contributed by atoms with Crippen LogP contribution in [-0.4, -0.2) is 57.7 Å². The number of aromatic nitrogens is 4. The molecule has 2 aromatic heterocycles. The fourth-order valence-electron chi connectivity index (χ4n) is 3.77. The first-order valence-electron chi connectivity index (χ1n) is 10.5. The van der Waals surface area contributed by atoms with Crippen molar-refractivity contribution in [3.63, 3.8) is 0 Å². The van der Waals surface area contributed by atoms with Gasteiger partial charge in [-0.2, -0.15) is 5.10 Å². The number of hydrogen-bond acceptors (Lipinski definition) is 6. The average molecular weight is 451 g/mol. The maximum absolute atomic E-state index is 8.18. The molecule has 0 radical (unpaired) electrons. The van der Waals surface area contributed by atoms with E-state index in [0.29, 0.717) is 11.0 Å². The van der Waals surface area contributed by atoms with Crippen molar-refractivity contribution in [1.82, 2.24) is 30.0 Å². The molecule has 166 valence electrons. The third kappa shape index (κ3) is 4.81. The number of amidine groups is 1. The van der Waals surface area contributed by atoms with E-state index in [1.807, 2.05) is 56.3 Å². The first kappa shape index (κ1) is 22.0. The second kappa shape index (κ2) is 9.50. The summed E-state index contributed by atoms with van der Waals surface area (Å²) in [7, 11) is 5.99. The summed E-state index contributed by atoms with van der Waals surface area (Å²) in [4.78, 5) is 11.3. The quantitative estimate of drug-likeness (QED) is 0.290. The van der Waals surface area contributed by atoms with Gasteiger partial charge in [0.05, 0.1) is 17.1 Å². The first-order valence-corrected chi connectivity index (χ1v) is 10.9. The Morgan fingerprint density at radius 2 is 2.16 bits per heavy atom. The van der Waals surface area contributed by atoms with Crippen LogP contribution in [0, 0.1) is 5.41 Å². The number of nitrogens with one attached hydrogen (secondary N) is 3. The van der Waals surface area contributed by atoms with Gasteiger partial charge >= 0.3 is 0 Å². The van der Waals surface area contributed by atoms with E-state index in [4.69, 9.17) is 27.1 Å². The van der Waals surface area contributed by atoms with Gasteiger partial charge in [0.25, 0.3) is 0 Å². The molecule has 3 aromatic rings. The predicted octanol–water partition coefficient (Wildman–Crippen LogP) is 3.35. The number of likely N-dealkylation sites (N-methyl/N-ethyl adjacent to an activating group) is 1. The highest BCUT2D eigenvalue weighted by molar-refractivity contribution is 6.30. The molecule has 2 heterocycles. The van der Waals surface area contributed by atoms with Crippen LogP contribution >= 0.6 is 11.6 Å². The molecule has 3 N–H and O–H groups in total.